The van der Waals surface area contributed by atoms with Crippen LogP contribution in [0, 0.1) is 17.3 Å². The molecule has 1 saturated heterocycles. The molecule has 114 valence electrons. The maximum atomic E-state index is 12.2. The molecule has 2 rings (SSSR count). The summed E-state index contributed by atoms with van der Waals surface area (Å²) in [5, 5.41) is 12.3. The molecule has 1 aliphatic heterocycles. The van der Waals surface area contributed by atoms with Crippen LogP contribution >= 0.6 is 0 Å². The van der Waals surface area contributed by atoms with Gasteiger partial charge in [-0.25, -0.2) is 9.59 Å². The van der Waals surface area contributed by atoms with Gasteiger partial charge >= 0.3 is 12.0 Å². The van der Waals surface area contributed by atoms with Crippen LogP contribution in [0.4, 0.5) is 4.79 Å². The molecule has 1 heterocycles. The lowest BCUT2D eigenvalue weighted by molar-refractivity contribution is -0.142. The summed E-state index contributed by atoms with van der Waals surface area (Å²) in [6, 6.07) is -0.840. The van der Waals surface area contributed by atoms with E-state index in [4.69, 9.17) is 0 Å². The van der Waals surface area contributed by atoms with Crippen molar-refractivity contribution in [3.05, 3.63) is 0 Å². The standard InChI is InChI=1S/C15H26N2O3/c1-15(2,3)7-8-16-14(20)17-9-10-5-4-6-11(10)12(17)13(18)19/h10-12H,4-9H2,1-3H3,(H,16,20)(H,18,19). The summed E-state index contributed by atoms with van der Waals surface area (Å²) >= 11 is 0. The average molecular weight is 282 g/mol. The van der Waals surface area contributed by atoms with Gasteiger partial charge in [-0.1, -0.05) is 27.2 Å². The first kappa shape index (κ1) is 15.1. The number of hydrogen-bond donors (Lipinski definition) is 2. The largest absolute Gasteiger partial charge is 0.480 e. The SMILES string of the molecule is CC(C)(C)CCNC(=O)N1CC2CCCC2C1C(=O)O. The van der Waals surface area contributed by atoms with E-state index in [2.05, 4.69) is 26.1 Å². The second-order valence-corrected chi connectivity index (χ2v) is 7.33. The number of fused-ring (bicyclic) bond motifs is 1. The fourth-order valence-electron chi connectivity index (χ4n) is 3.48. The first-order valence-electron chi connectivity index (χ1n) is 7.57. The second kappa shape index (κ2) is 5.62. The first-order chi connectivity index (χ1) is 9.29. The minimum absolute atomic E-state index is 0.154. The Bertz CT molecular complexity index is 389. The highest BCUT2D eigenvalue weighted by atomic mass is 16.4. The van der Waals surface area contributed by atoms with Crippen molar-refractivity contribution in [1.82, 2.24) is 10.2 Å². The van der Waals surface area contributed by atoms with E-state index < -0.39 is 12.0 Å². The van der Waals surface area contributed by atoms with E-state index in [0.29, 0.717) is 19.0 Å². The highest BCUT2D eigenvalue weighted by Gasteiger charge is 2.49. The molecule has 0 radical (unpaired) electrons. The van der Waals surface area contributed by atoms with Crippen LogP contribution in [0.2, 0.25) is 0 Å². The van der Waals surface area contributed by atoms with E-state index >= 15 is 0 Å². The number of aliphatic carboxylic acids is 1. The van der Waals surface area contributed by atoms with E-state index in [-0.39, 0.29) is 17.4 Å². The van der Waals surface area contributed by atoms with Crippen LogP contribution in [0.15, 0.2) is 0 Å². The molecule has 2 N–H and O–H groups in total. The van der Waals surface area contributed by atoms with Crippen molar-refractivity contribution in [3.63, 3.8) is 0 Å². The average Bonchev–Trinajstić information content (AvgIpc) is 2.84. The van der Waals surface area contributed by atoms with Gasteiger partial charge in [-0.2, -0.15) is 0 Å². The molecule has 0 aromatic carbocycles. The molecule has 0 aromatic rings. The van der Waals surface area contributed by atoms with Crippen molar-refractivity contribution >= 4 is 12.0 Å². The molecule has 20 heavy (non-hydrogen) atoms. The van der Waals surface area contributed by atoms with E-state index in [9.17, 15) is 14.7 Å². The van der Waals surface area contributed by atoms with Crippen LogP contribution in [-0.2, 0) is 4.79 Å². The zero-order valence-electron chi connectivity index (χ0n) is 12.7. The first-order valence-corrected chi connectivity index (χ1v) is 7.57. The van der Waals surface area contributed by atoms with Crippen LogP contribution in [0.25, 0.3) is 0 Å². The van der Waals surface area contributed by atoms with Crippen molar-refractivity contribution in [3.8, 4) is 0 Å². The molecular weight excluding hydrogens is 256 g/mol. The molecule has 1 aliphatic carbocycles. The Morgan fingerprint density at radius 1 is 1.30 bits per heavy atom. The van der Waals surface area contributed by atoms with Gasteiger partial charge < -0.3 is 15.3 Å². The van der Waals surface area contributed by atoms with Gasteiger partial charge in [0.25, 0.3) is 0 Å². The summed E-state index contributed by atoms with van der Waals surface area (Å²) in [7, 11) is 0. The summed E-state index contributed by atoms with van der Waals surface area (Å²) in [4.78, 5) is 25.2. The number of hydrogen-bond acceptors (Lipinski definition) is 2. The number of urea groups is 1. The van der Waals surface area contributed by atoms with Crippen molar-refractivity contribution in [2.75, 3.05) is 13.1 Å². The van der Waals surface area contributed by atoms with Crippen LogP contribution in [-0.4, -0.2) is 41.1 Å². The molecule has 2 amide bonds. The lowest BCUT2D eigenvalue weighted by Crippen LogP contribution is -2.48. The highest BCUT2D eigenvalue weighted by molar-refractivity contribution is 5.83. The number of nitrogens with one attached hydrogen (secondary N) is 1. The zero-order valence-corrected chi connectivity index (χ0v) is 12.7. The fourth-order valence-corrected chi connectivity index (χ4v) is 3.48. The van der Waals surface area contributed by atoms with Crippen molar-refractivity contribution < 1.29 is 14.7 Å². The van der Waals surface area contributed by atoms with Gasteiger partial charge in [0.1, 0.15) is 6.04 Å². The number of carbonyl (C=O) groups excluding carboxylic acids is 1. The van der Waals surface area contributed by atoms with Crippen LogP contribution in [0.3, 0.4) is 0 Å². The van der Waals surface area contributed by atoms with Gasteiger partial charge in [-0.3, -0.25) is 0 Å². The van der Waals surface area contributed by atoms with Gasteiger partial charge in [0.05, 0.1) is 0 Å². The minimum Gasteiger partial charge on any atom is -0.480 e. The fraction of sp³-hybridized carbons (Fsp3) is 0.867. The number of carbonyl (C=O) groups is 2. The van der Waals surface area contributed by atoms with Crippen molar-refractivity contribution in [2.45, 2.75) is 52.5 Å². The molecule has 3 unspecified atom stereocenters. The Balaban J connectivity index is 1.93. The minimum atomic E-state index is -0.856. The van der Waals surface area contributed by atoms with Gasteiger partial charge in [0, 0.05) is 13.1 Å². The van der Waals surface area contributed by atoms with Crippen LogP contribution < -0.4 is 5.32 Å². The van der Waals surface area contributed by atoms with Gasteiger partial charge in [0.2, 0.25) is 0 Å². The Morgan fingerprint density at radius 3 is 2.60 bits per heavy atom. The van der Waals surface area contributed by atoms with Gasteiger partial charge in [0.15, 0.2) is 0 Å². The molecule has 0 bridgehead atoms. The van der Waals surface area contributed by atoms with E-state index in [1.54, 1.807) is 4.90 Å². The van der Waals surface area contributed by atoms with Crippen LogP contribution in [0.1, 0.15) is 46.5 Å². The monoisotopic (exact) mass is 282 g/mol. The van der Waals surface area contributed by atoms with Gasteiger partial charge in [-0.15, -0.1) is 0 Å². The predicted molar refractivity (Wildman–Crippen MR) is 76.4 cm³/mol. The molecule has 1 saturated carbocycles. The lowest BCUT2D eigenvalue weighted by Gasteiger charge is -2.25. The molecule has 0 spiro atoms. The topological polar surface area (TPSA) is 69.6 Å². The maximum absolute atomic E-state index is 12.2. The molecule has 2 fully saturated rings. The smallest absolute Gasteiger partial charge is 0.326 e. The molecule has 2 aliphatic rings. The number of likely N-dealkylation sites (tertiary alicyclic amines) is 1. The zero-order chi connectivity index (χ0) is 14.9. The number of carboxylic acid groups (broad SMARTS) is 1. The summed E-state index contributed by atoms with van der Waals surface area (Å²) in [6.45, 7) is 7.57. The molecule has 5 nitrogen and oxygen atoms in total. The molecular formula is C15H26N2O3. The lowest BCUT2D eigenvalue weighted by atomic mass is 9.92. The summed E-state index contributed by atoms with van der Waals surface area (Å²) < 4.78 is 0. The quantitative estimate of drug-likeness (QED) is 0.834. The Hall–Kier alpha value is -1.26. The van der Waals surface area contributed by atoms with E-state index in [0.717, 1.165) is 25.7 Å². The predicted octanol–water partition coefficient (Wildman–Crippen LogP) is 2.32. The number of carboxylic acids is 1. The molecule has 0 aromatic heterocycles. The maximum Gasteiger partial charge on any atom is 0.326 e. The Kier molecular flexibility index (Phi) is 4.25. The number of nitrogens with zero attached hydrogens (tertiary/aromatic N) is 1. The third-order valence-electron chi connectivity index (χ3n) is 4.56. The molecule has 5 heteroatoms. The summed E-state index contributed by atoms with van der Waals surface area (Å²) in [6.07, 6.45) is 3.98. The third-order valence-corrected chi connectivity index (χ3v) is 4.56. The molecule has 3 atom stereocenters. The van der Waals surface area contributed by atoms with Gasteiger partial charge in [-0.05, 0) is 36.5 Å². The number of amides is 2. The highest BCUT2D eigenvalue weighted by Crippen LogP contribution is 2.42. The van der Waals surface area contributed by atoms with Crippen LogP contribution in [0.5, 0.6) is 0 Å². The Labute approximate surface area is 120 Å². The van der Waals surface area contributed by atoms with E-state index in [1.165, 1.54) is 0 Å². The summed E-state index contributed by atoms with van der Waals surface area (Å²) in [5.41, 5.74) is 0.168. The number of rotatable bonds is 3. The Morgan fingerprint density at radius 2 is 2.00 bits per heavy atom. The van der Waals surface area contributed by atoms with Crippen molar-refractivity contribution in [2.24, 2.45) is 17.3 Å². The summed E-state index contributed by atoms with van der Waals surface area (Å²) in [5.74, 6) is -0.323. The van der Waals surface area contributed by atoms with E-state index in [1.807, 2.05) is 0 Å². The normalized spacial score (nSPS) is 29.4. The van der Waals surface area contributed by atoms with Crippen molar-refractivity contribution in [1.29, 1.82) is 0 Å². The third kappa shape index (κ3) is 3.25. The second-order valence-electron chi connectivity index (χ2n) is 7.33.